The minimum atomic E-state index is 0.592. The van der Waals surface area contributed by atoms with Crippen LogP contribution in [-0.4, -0.2) is 4.57 Å². The Kier molecular flexibility index (Phi) is 5.72. The van der Waals surface area contributed by atoms with Gasteiger partial charge in [0.1, 0.15) is 11.9 Å². The Morgan fingerprint density at radius 2 is 1.73 bits per heavy atom. The fraction of sp³-hybridized carbons (Fsp3) is 0.292. The third-order valence-corrected chi connectivity index (χ3v) is 4.61. The molecule has 26 heavy (non-hydrogen) atoms. The maximum Gasteiger partial charge on any atom is 0.249 e. The molecule has 0 radical (unpaired) electrons. The van der Waals surface area contributed by atoms with E-state index in [-0.39, 0.29) is 0 Å². The van der Waals surface area contributed by atoms with Crippen LogP contribution >= 0.6 is 0 Å². The van der Waals surface area contributed by atoms with Crippen molar-refractivity contribution in [1.29, 1.82) is 0 Å². The van der Waals surface area contributed by atoms with Crippen LogP contribution in [0.2, 0.25) is 0 Å². The van der Waals surface area contributed by atoms with Gasteiger partial charge in [0.25, 0.3) is 0 Å². The van der Waals surface area contributed by atoms with Gasteiger partial charge in [-0.05, 0) is 47.7 Å². The summed E-state index contributed by atoms with van der Waals surface area (Å²) in [5.41, 5.74) is 6.23. The van der Waals surface area contributed by atoms with Crippen molar-refractivity contribution in [1.82, 2.24) is 4.57 Å². The molecule has 0 spiro atoms. The lowest BCUT2D eigenvalue weighted by Gasteiger charge is -2.04. The quantitative estimate of drug-likeness (QED) is 0.487. The number of hydrogen-bond acceptors (Lipinski definition) is 0. The van der Waals surface area contributed by atoms with Crippen LogP contribution in [0.1, 0.15) is 38.3 Å². The van der Waals surface area contributed by atoms with Gasteiger partial charge in [0.05, 0.1) is 6.54 Å². The van der Waals surface area contributed by atoms with E-state index in [0.29, 0.717) is 5.92 Å². The predicted octanol–water partition coefficient (Wildman–Crippen LogP) is 5.68. The van der Waals surface area contributed by atoms with Gasteiger partial charge < -0.3 is 0 Å². The lowest BCUT2D eigenvalue weighted by atomic mass is 10.1. The smallest absolute Gasteiger partial charge is 0.229 e. The molecule has 2 nitrogen and oxygen atoms in total. The molecule has 0 N–H and O–H groups in total. The molecule has 134 valence electrons. The molecule has 0 saturated heterocycles. The summed E-state index contributed by atoms with van der Waals surface area (Å²) >= 11 is 0. The molecule has 0 atom stereocenters. The Morgan fingerprint density at radius 1 is 1.04 bits per heavy atom. The molecule has 0 saturated carbocycles. The van der Waals surface area contributed by atoms with Crippen LogP contribution in [0.25, 0.3) is 23.0 Å². The van der Waals surface area contributed by atoms with Crippen LogP contribution in [0.5, 0.6) is 0 Å². The second-order valence-electron chi connectivity index (χ2n) is 7.33. The Balaban J connectivity index is 1.98. The van der Waals surface area contributed by atoms with Crippen molar-refractivity contribution in [2.75, 3.05) is 0 Å². The molecule has 2 heteroatoms. The van der Waals surface area contributed by atoms with Crippen LogP contribution in [0, 0.1) is 5.92 Å². The number of rotatable bonds is 7. The van der Waals surface area contributed by atoms with Gasteiger partial charge in [-0.2, -0.15) is 0 Å². The Labute approximate surface area is 157 Å². The summed E-state index contributed by atoms with van der Waals surface area (Å²) in [6, 6.07) is 17.5. The highest BCUT2D eigenvalue weighted by Crippen LogP contribution is 2.20. The average Bonchev–Trinajstić information content (AvgIpc) is 3.06. The van der Waals surface area contributed by atoms with Gasteiger partial charge in [0.2, 0.25) is 6.33 Å². The van der Waals surface area contributed by atoms with Crippen LogP contribution in [0.15, 0.2) is 67.6 Å². The van der Waals surface area contributed by atoms with Crippen molar-refractivity contribution in [2.24, 2.45) is 5.92 Å². The molecule has 0 aliphatic heterocycles. The molecular weight excluding hydrogens is 316 g/mol. The van der Waals surface area contributed by atoms with Crippen LogP contribution in [0.3, 0.4) is 0 Å². The van der Waals surface area contributed by atoms with Gasteiger partial charge in [-0.3, -0.25) is 0 Å². The molecular formula is C24H29N2+. The molecule has 0 amide bonds. The van der Waals surface area contributed by atoms with Crippen molar-refractivity contribution in [2.45, 2.75) is 40.2 Å². The number of hydrogen-bond donors (Lipinski definition) is 0. The van der Waals surface area contributed by atoms with E-state index in [1.54, 1.807) is 0 Å². The first-order valence-electron chi connectivity index (χ1n) is 9.54. The van der Waals surface area contributed by atoms with Crippen molar-refractivity contribution >= 4 is 6.08 Å². The van der Waals surface area contributed by atoms with Gasteiger partial charge in [0.15, 0.2) is 5.69 Å². The normalized spacial score (nSPS) is 11.1. The molecule has 0 bridgehead atoms. The first-order valence-corrected chi connectivity index (χ1v) is 9.54. The lowest BCUT2D eigenvalue weighted by Crippen LogP contribution is -2.36. The Morgan fingerprint density at radius 3 is 2.31 bits per heavy atom. The first-order chi connectivity index (χ1) is 12.6. The molecule has 1 aromatic heterocycles. The van der Waals surface area contributed by atoms with E-state index < -0.39 is 0 Å². The summed E-state index contributed by atoms with van der Waals surface area (Å²) in [4.78, 5) is 0. The van der Waals surface area contributed by atoms with E-state index in [1.807, 2.05) is 6.08 Å². The summed E-state index contributed by atoms with van der Waals surface area (Å²) in [6.45, 7) is 11.6. The van der Waals surface area contributed by atoms with Crippen LogP contribution in [-0.2, 0) is 13.0 Å². The van der Waals surface area contributed by atoms with E-state index in [1.165, 1.54) is 28.9 Å². The second-order valence-corrected chi connectivity index (χ2v) is 7.33. The van der Waals surface area contributed by atoms with Gasteiger partial charge in [0, 0.05) is 5.56 Å². The fourth-order valence-electron chi connectivity index (χ4n) is 3.29. The molecule has 0 aliphatic carbocycles. The molecule has 0 unspecified atom stereocenters. The van der Waals surface area contributed by atoms with E-state index in [4.69, 9.17) is 0 Å². The second kappa shape index (κ2) is 8.18. The zero-order valence-electron chi connectivity index (χ0n) is 16.2. The van der Waals surface area contributed by atoms with E-state index in [0.717, 1.165) is 18.5 Å². The first kappa shape index (κ1) is 18.2. The maximum atomic E-state index is 3.84. The summed E-state index contributed by atoms with van der Waals surface area (Å²) in [6.07, 6.45) is 8.66. The predicted molar refractivity (Wildman–Crippen MR) is 110 cm³/mol. The lowest BCUT2D eigenvalue weighted by molar-refractivity contribution is -0.691. The molecule has 3 rings (SSSR count). The zero-order chi connectivity index (χ0) is 18.5. The third-order valence-electron chi connectivity index (χ3n) is 4.61. The van der Waals surface area contributed by atoms with Gasteiger partial charge in [-0.25, -0.2) is 9.13 Å². The highest BCUT2D eigenvalue weighted by molar-refractivity contribution is 5.60. The zero-order valence-corrected chi connectivity index (χ0v) is 16.2. The van der Waals surface area contributed by atoms with Crippen molar-refractivity contribution < 1.29 is 4.57 Å². The number of aromatic nitrogens is 2. The Hall–Kier alpha value is -2.61. The number of nitrogens with zero attached hydrogens (tertiary/aromatic N) is 2. The number of imidazole rings is 1. The SMILES string of the molecule is C=Cc1ccc(-c2cn(-c3ccc(CCC)cc3)c[n+]2CC(C)C)cc1. The highest BCUT2D eigenvalue weighted by atomic mass is 15.1. The summed E-state index contributed by atoms with van der Waals surface area (Å²) in [5, 5.41) is 0. The molecule has 1 heterocycles. The van der Waals surface area contributed by atoms with E-state index in [2.05, 4.69) is 97.5 Å². The monoisotopic (exact) mass is 345 g/mol. The van der Waals surface area contributed by atoms with Crippen LogP contribution in [0.4, 0.5) is 0 Å². The molecule has 0 aliphatic rings. The fourth-order valence-corrected chi connectivity index (χ4v) is 3.29. The molecule has 0 fully saturated rings. The van der Waals surface area contributed by atoms with Gasteiger partial charge in [-0.15, -0.1) is 0 Å². The Bertz CT molecular complexity index is 852. The average molecular weight is 346 g/mol. The topological polar surface area (TPSA) is 8.81 Å². The van der Waals surface area contributed by atoms with Gasteiger partial charge in [-0.1, -0.05) is 64.1 Å². The summed E-state index contributed by atoms with van der Waals surface area (Å²) < 4.78 is 4.59. The van der Waals surface area contributed by atoms with Gasteiger partial charge >= 0.3 is 0 Å². The van der Waals surface area contributed by atoms with E-state index in [9.17, 15) is 0 Å². The number of aryl methyl sites for hydroxylation is 1. The minimum absolute atomic E-state index is 0.592. The minimum Gasteiger partial charge on any atom is -0.229 e. The standard InChI is InChI=1S/C24H29N2/c1-5-7-21-10-14-23(15-11-21)25-17-24(26(18-25)16-19(3)4)22-12-8-20(6-2)9-13-22/h6,8-15,17-19H,2,5,7,16H2,1,3-4H3/q+1. The van der Waals surface area contributed by atoms with Crippen molar-refractivity contribution in [3.63, 3.8) is 0 Å². The molecule has 3 aromatic rings. The van der Waals surface area contributed by atoms with Crippen molar-refractivity contribution in [3.05, 3.63) is 78.8 Å². The van der Waals surface area contributed by atoms with E-state index >= 15 is 0 Å². The highest BCUT2D eigenvalue weighted by Gasteiger charge is 2.17. The van der Waals surface area contributed by atoms with Crippen molar-refractivity contribution in [3.8, 4) is 16.9 Å². The summed E-state index contributed by atoms with van der Waals surface area (Å²) in [7, 11) is 0. The maximum absolute atomic E-state index is 3.84. The number of benzene rings is 2. The van der Waals surface area contributed by atoms with Crippen LogP contribution < -0.4 is 4.57 Å². The molecule has 2 aromatic carbocycles. The third kappa shape index (κ3) is 4.13. The summed E-state index contributed by atoms with van der Waals surface area (Å²) in [5.74, 6) is 0.592. The largest absolute Gasteiger partial charge is 0.249 e.